The fourth-order valence-corrected chi connectivity index (χ4v) is 2.44. The summed E-state index contributed by atoms with van der Waals surface area (Å²) < 4.78 is 0. The van der Waals surface area contributed by atoms with Gasteiger partial charge in [0.05, 0.1) is 0 Å². The van der Waals surface area contributed by atoms with Gasteiger partial charge in [0.1, 0.15) is 6.33 Å². The summed E-state index contributed by atoms with van der Waals surface area (Å²) in [7, 11) is 0. The van der Waals surface area contributed by atoms with Crippen LogP contribution in [-0.2, 0) is 12.8 Å². The van der Waals surface area contributed by atoms with Gasteiger partial charge >= 0.3 is 0 Å². The number of pyridine rings is 1. The summed E-state index contributed by atoms with van der Waals surface area (Å²) in [5, 5.41) is 0. The Hall–Kier alpha value is -1.97. The molecular formula is C13H13N3O. The zero-order valence-corrected chi connectivity index (χ0v) is 9.44. The Bertz CT molecular complexity index is 589. The van der Waals surface area contributed by atoms with Gasteiger partial charge in [-0.2, -0.15) is 0 Å². The van der Waals surface area contributed by atoms with E-state index in [1.165, 1.54) is 18.3 Å². The quantitative estimate of drug-likeness (QED) is 0.806. The average Bonchev–Trinajstić information content (AvgIpc) is 2.39. The molecule has 0 atom stereocenters. The van der Waals surface area contributed by atoms with E-state index in [9.17, 15) is 4.79 Å². The number of nitrogens with zero attached hydrogens (tertiary/aromatic N) is 2. The normalized spacial score (nSPS) is 14.4. The molecule has 0 unspecified atom stereocenters. The second kappa shape index (κ2) is 4.13. The summed E-state index contributed by atoms with van der Waals surface area (Å²) in [5.74, 6) is 0. The minimum atomic E-state index is -0.0375. The smallest absolute Gasteiger partial charge is 0.248 e. The topological polar surface area (TPSA) is 58.6 Å². The van der Waals surface area contributed by atoms with Gasteiger partial charge in [-0.25, -0.2) is 9.97 Å². The van der Waals surface area contributed by atoms with Gasteiger partial charge in [-0.15, -0.1) is 0 Å². The van der Waals surface area contributed by atoms with Gasteiger partial charge in [-0.3, -0.25) is 4.79 Å². The second-order valence-electron chi connectivity index (χ2n) is 4.34. The molecule has 3 rings (SSSR count). The number of rotatable bonds is 1. The van der Waals surface area contributed by atoms with E-state index in [0.717, 1.165) is 36.1 Å². The summed E-state index contributed by atoms with van der Waals surface area (Å²) in [6.45, 7) is 0. The minimum absolute atomic E-state index is 0.0375. The molecule has 0 amide bonds. The first-order valence-electron chi connectivity index (χ1n) is 5.85. The highest BCUT2D eigenvalue weighted by Gasteiger charge is 2.15. The summed E-state index contributed by atoms with van der Waals surface area (Å²) >= 11 is 0. The van der Waals surface area contributed by atoms with Crippen LogP contribution < -0.4 is 5.56 Å². The minimum Gasteiger partial charge on any atom is -0.326 e. The molecule has 2 aromatic rings. The van der Waals surface area contributed by atoms with Crippen LogP contribution in [0.5, 0.6) is 0 Å². The zero-order valence-electron chi connectivity index (χ0n) is 9.44. The summed E-state index contributed by atoms with van der Waals surface area (Å²) in [5.41, 5.74) is 4.22. The summed E-state index contributed by atoms with van der Waals surface area (Å²) in [6.07, 6.45) is 9.34. The fraction of sp³-hybridized carbons (Fsp3) is 0.308. The summed E-state index contributed by atoms with van der Waals surface area (Å²) in [6, 6.07) is 1.66. The van der Waals surface area contributed by atoms with Crippen molar-refractivity contribution in [3.05, 3.63) is 46.4 Å². The van der Waals surface area contributed by atoms with Crippen LogP contribution in [0.15, 0.2) is 29.6 Å². The standard InChI is InChI=1S/C13H13N3O/c17-13-5-11(9-6-14-8-15-7-9)10-3-1-2-4-12(10)16-13/h5-8H,1-4H2,(H,16,17). The average molecular weight is 227 g/mol. The molecule has 0 saturated heterocycles. The largest absolute Gasteiger partial charge is 0.326 e. The lowest BCUT2D eigenvalue weighted by Gasteiger charge is -2.18. The maximum absolute atomic E-state index is 11.6. The molecule has 0 saturated carbocycles. The van der Waals surface area contributed by atoms with E-state index >= 15 is 0 Å². The van der Waals surface area contributed by atoms with Crippen molar-refractivity contribution in [1.29, 1.82) is 0 Å². The lowest BCUT2D eigenvalue weighted by atomic mass is 9.90. The lowest BCUT2D eigenvalue weighted by molar-refractivity contribution is 0.666. The van der Waals surface area contributed by atoms with Crippen LogP contribution in [0.4, 0.5) is 0 Å². The Labute approximate surface area is 98.8 Å². The van der Waals surface area contributed by atoms with E-state index in [-0.39, 0.29) is 5.56 Å². The Balaban J connectivity index is 2.22. The van der Waals surface area contributed by atoms with Gasteiger partial charge in [0, 0.05) is 29.7 Å². The van der Waals surface area contributed by atoms with Gasteiger partial charge < -0.3 is 4.98 Å². The summed E-state index contributed by atoms with van der Waals surface area (Å²) in [4.78, 5) is 22.6. The molecule has 4 heteroatoms. The third-order valence-electron chi connectivity index (χ3n) is 3.21. The zero-order chi connectivity index (χ0) is 11.7. The van der Waals surface area contributed by atoms with Crippen LogP contribution in [0.25, 0.3) is 11.1 Å². The molecule has 0 aliphatic heterocycles. The Morgan fingerprint density at radius 2 is 1.88 bits per heavy atom. The van der Waals surface area contributed by atoms with Crippen molar-refractivity contribution in [3.63, 3.8) is 0 Å². The molecule has 0 bridgehead atoms. The second-order valence-corrected chi connectivity index (χ2v) is 4.34. The Kier molecular flexibility index (Phi) is 2.48. The van der Waals surface area contributed by atoms with E-state index in [1.807, 2.05) is 0 Å². The molecular weight excluding hydrogens is 214 g/mol. The van der Waals surface area contributed by atoms with Crippen LogP contribution in [0, 0.1) is 0 Å². The third kappa shape index (κ3) is 1.86. The van der Waals surface area contributed by atoms with Gasteiger partial charge in [-0.05, 0) is 36.8 Å². The lowest BCUT2D eigenvalue weighted by Crippen LogP contribution is -2.15. The van der Waals surface area contributed by atoms with Crippen molar-refractivity contribution in [1.82, 2.24) is 15.0 Å². The molecule has 4 nitrogen and oxygen atoms in total. The number of hydrogen-bond donors (Lipinski definition) is 1. The SMILES string of the molecule is O=c1cc(-c2cncnc2)c2c([nH]1)CCCC2. The van der Waals surface area contributed by atoms with Crippen LogP contribution in [0.1, 0.15) is 24.1 Å². The number of aryl methyl sites for hydroxylation is 1. The first-order valence-corrected chi connectivity index (χ1v) is 5.85. The molecule has 1 aliphatic carbocycles. The van der Waals surface area contributed by atoms with Crippen molar-refractivity contribution < 1.29 is 0 Å². The highest BCUT2D eigenvalue weighted by Crippen LogP contribution is 2.28. The number of hydrogen-bond acceptors (Lipinski definition) is 3. The number of aromatic amines is 1. The third-order valence-corrected chi connectivity index (χ3v) is 3.21. The van der Waals surface area contributed by atoms with E-state index < -0.39 is 0 Å². The maximum atomic E-state index is 11.6. The van der Waals surface area contributed by atoms with Crippen LogP contribution in [-0.4, -0.2) is 15.0 Å². The number of aromatic nitrogens is 3. The molecule has 2 heterocycles. The maximum Gasteiger partial charge on any atom is 0.248 e. The Morgan fingerprint density at radius 3 is 2.71 bits per heavy atom. The molecule has 17 heavy (non-hydrogen) atoms. The van der Waals surface area contributed by atoms with Gasteiger partial charge in [0.25, 0.3) is 0 Å². The molecule has 0 aromatic carbocycles. The van der Waals surface area contributed by atoms with E-state index in [0.29, 0.717) is 0 Å². The molecule has 1 aliphatic rings. The van der Waals surface area contributed by atoms with Crippen molar-refractivity contribution in [2.24, 2.45) is 0 Å². The molecule has 2 aromatic heterocycles. The highest BCUT2D eigenvalue weighted by molar-refractivity contribution is 5.66. The monoisotopic (exact) mass is 227 g/mol. The molecule has 0 fully saturated rings. The van der Waals surface area contributed by atoms with Crippen molar-refractivity contribution >= 4 is 0 Å². The molecule has 1 N–H and O–H groups in total. The van der Waals surface area contributed by atoms with E-state index in [4.69, 9.17) is 0 Å². The van der Waals surface area contributed by atoms with Crippen LogP contribution >= 0.6 is 0 Å². The van der Waals surface area contributed by atoms with Crippen molar-refractivity contribution in [2.45, 2.75) is 25.7 Å². The van der Waals surface area contributed by atoms with Gasteiger partial charge in [-0.1, -0.05) is 0 Å². The molecule has 0 radical (unpaired) electrons. The van der Waals surface area contributed by atoms with Crippen molar-refractivity contribution in [3.8, 4) is 11.1 Å². The van der Waals surface area contributed by atoms with Crippen LogP contribution in [0.2, 0.25) is 0 Å². The fourth-order valence-electron chi connectivity index (χ4n) is 2.44. The number of fused-ring (bicyclic) bond motifs is 1. The highest BCUT2D eigenvalue weighted by atomic mass is 16.1. The first kappa shape index (κ1) is 10.2. The predicted molar refractivity (Wildman–Crippen MR) is 64.7 cm³/mol. The number of H-pyrrole nitrogens is 1. The van der Waals surface area contributed by atoms with E-state index in [1.54, 1.807) is 18.5 Å². The number of nitrogens with one attached hydrogen (secondary N) is 1. The molecule has 86 valence electrons. The molecule has 0 spiro atoms. The van der Waals surface area contributed by atoms with Gasteiger partial charge in [0.15, 0.2) is 0 Å². The first-order chi connectivity index (χ1) is 8.34. The van der Waals surface area contributed by atoms with E-state index in [2.05, 4.69) is 15.0 Å². The van der Waals surface area contributed by atoms with Crippen LogP contribution in [0.3, 0.4) is 0 Å². The Morgan fingerprint density at radius 1 is 1.12 bits per heavy atom. The predicted octanol–water partition coefficient (Wildman–Crippen LogP) is 1.71. The van der Waals surface area contributed by atoms with Crippen molar-refractivity contribution in [2.75, 3.05) is 0 Å². The van der Waals surface area contributed by atoms with Gasteiger partial charge in [0.2, 0.25) is 5.56 Å².